The van der Waals surface area contributed by atoms with Crippen molar-refractivity contribution >= 4 is 36.2 Å². The molecule has 0 bridgehead atoms. The van der Waals surface area contributed by atoms with Gasteiger partial charge in [-0.15, -0.1) is 36.2 Å². The summed E-state index contributed by atoms with van der Waals surface area (Å²) in [5.41, 5.74) is 6.55. The van der Waals surface area contributed by atoms with Gasteiger partial charge < -0.3 is 10.3 Å². The number of thiazole rings is 1. The number of aryl methyl sites for hydroxylation is 2. The van der Waals surface area contributed by atoms with Crippen LogP contribution in [0.5, 0.6) is 0 Å². The van der Waals surface area contributed by atoms with E-state index < -0.39 is 0 Å². The molecule has 0 aliphatic rings. The first kappa shape index (κ1) is 20.3. The van der Waals surface area contributed by atoms with Gasteiger partial charge in [-0.3, -0.25) is 4.90 Å². The van der Waals surface area contributed by atoms with Crippen molar-refractivity contribution in [3.8, 4) is 0 Å². The molecule has 2 aromatic rings. The van der Waals surface area contributed by atoms with Crippen LogP contribution in [0.4, 0.5) is 0 Å². The fourth-order valence-electron chi connectivity index (χ4n) is 1.93. The molecule has 21 heavy (non-hydrogen) atoms. The molecule has 2 aromatic heterocycles. The second-order valence-electron chi connectivity index (χ2n) is 4.58. The molecule has 2 N–H and O–H groups in total. The summed E-state index contributed by atoms with van der Waals surface area (Å²) in [6.07, 6.45) is 0. The first-order chi connectivity index (χ1) is 9.01. The van der Waals surface area contributed by atoms with Crippen molar-refractivity contribution in [1.82, 2.24) is 20.0 Å². The van der Waals surface area contributed by atoms with Gasteiger partial charge in [0.05, 0.1) is 23.8 Å². The van der Waals surface area contributed by atoms with Gasteiger partial charge in [0.1, 0.15) is 0 Å². The van der Waals surface area contributed by atoms with Gasteiger partial charge in [0.25, 0.3) is 0 Å². The highest BCUT2D eigenvalue weighted by Gasteiger charge is 2.19. The fraction of sp³-hybridized carbons (Fsp3) is 0.583. The van der Waals surface area contributed by atoms with Crippen molar-refractivity contribution in [3.05, 3.63) is 27.3 Å². The molecule has 0 fully saturated rings. The molecule has 0 aromatic carbocycles. The van der Waals surface area contributed by atoms with E-state index in [-0.39, 0.29) is 37.4 Å². The van der Waals surface area contributed by atoms with Crippen LogP contribution in [0.2, 0.25) is 0 Å². The summed E-state index contributed by atoms with van der Waals surface area (Å²) in [6, 6.07) is 0.269. The predicted molar refractivity (Wildman–Crippen MR) is 88.2 cm³/mol. The summed E-state index contributed by atoms with van der Waals surface area (Å²) in [4.78, 5) is 12.1. The molecule has 9 heteroatoms. The number of nitrogens with two attached hydrogens (primary N) is 1. The molecule has 2 rings (SSSR count). The summed E-state index contributed by atoms with van der Waals surface area (Å²) >= 11 is 1.73. The molecule has 0 radical (unpaired) electrons. The summed E-state index contributed by atoms with van der Waals surface area (Å²) < 4.78 is 5.01. The summed E-state index contributed by atoms with van der Waals surface area (Å²) in [6.45, 7) is 7.13. The summed E-state index contributed by atoms with van der Waals surface area (Å²) in [5.74, 6) is 1.13. The molecule has 6 nitrogen and oxygen atoms in total. The Morgan fingerprint density at radius 1 is 1.29 bits per heavy atom. The standard InChI is InChI=1S/C12H19N5OS.2ClH/c1-7-12(19-9(3)14-7)8(2)17(4)6-10-15-11(5-13)18-16-10;;/h8H,5-6,13H2,1-4H3;2*1H. The molecular formula is C12H21Cl2N5OS. The van der Waals surface area contributed by atoms with E-state index in [0.717, 1.165) is 10.7 Å². The summed E-state index contributed by atoms with van der Waals surface area (Å²) in [7, 11) is 2.04. The average molecular weight is 354 g/mol. The molecule has 0 saturated heterocycles. The topological polar surface area (TPSA) is 81.1 Å². The number of halogens is 2. The van der Waals surface area contributed by atoms with Gasteiger partial charge in [-0.25, -0.2) is 4.98 Å². The van der Waals surface area contributed by atoms with Crippen LogP contribution in [0.1, 0.15) is 40.3 Å². The lowest BCUT2D eigenvalue weighted by molar-refractivity contribution is 0.244. The van der Waals surface area contributed by atoms with Crippen LogP contribution in [0.3, 0.4) is 0 Å². The number of hydrogen-bond acceptors (Lipinski definition) is 7. The first-order valence-corrected chi connectivity index (χ1v) is 6.98. The van der Waals surface area contributed by atoms with Crippen molar-refractivity contribution in [2.24, 2.45) is 5.73 Å². The third-order valence-electron chi connectivity index (χ3n) is 3.06. The Bertz CT molecular complexity index is 560. The quantitative estimate of drug-likeness (QED) is 0.889. The Morgan fingerprint density at radius 3 is 2.43 bits per heavy atom. The molecule has 1 atom stereocenters. The summed E-state index contributed by atoms with van der Waals surface area (Å²) in [5, 5.41) is 5.01. The van der Waals surface area contributed by atoms with Crippen LogP contribution in [0.25, 0.3) is 0 Å². The van der Waals surface area contributed by atoms with Crippen LogP contribution in [-0.4, -0.2) is 27.1 Å². The Kier molecular flexibility index (Phi) is 8.35. The Balaban J connectivity index is 0.00000200. The van der Waals surface area contributed by atoms with E-state index in [0.29, 0.717) is 18.3 Å². The molecule has 1 unspecified atom stereocenters. The second-order valence-corrected chi connectivity index (χ2v) is 5.82. The largest absolute Gasteiger partial charge is 0.338 e. The molecular weight excluding hydrogens is 333 g/mol. The third kappa shape index (κ3) is 4.89. The maximum atomic E-state index is 5.45. The number of nitrogens with zero attached hydrogens (tertiary/aromatic N) is 4. The highest BCUT2D eigenvalue weighted by atomic mass is 35.5. The number of aromatic nitrogens is 3. The van der Waals surface area contributed by atoms with Crippen LogP contribution < -0.4 is 5.73 Å². The van der Waals surface area contributed by atoms with Crippen molar-refractivity contribution in [3.63, 3.8) is 0 Å². The van der Waals surface area contributed by atoms with Gasteiger partial charge in [-0.05, 0) is 27.8 Å². The van der Waals surface area contributed by atoms with E-state index >= 15 is 0 Å². The van der Waals surface area contributed by atoms with E-state index in [1.54, 1.807) is 11.3 Å². The normalized spacial score (nSPS) is 11.9. The van der Waals surface area contributed by atoms with Gasteiger partial charge in [-0.2, -0.15) is 4.98 Å². The Labute approximate surface area is 140 Å². The van der Waals surface area contributed by atoms with E-state index in [1.807, 2.05) is 20.9 Å². The number of rotatable bonds is 5. The first-order valence-electron chi connectivity index (χ1n) is 6.17. The minimum Gasteiger partial charge on any atom is -0.338 e. The number of hydrogen-bond donors (Lipinski definition) is 1. The molecule has 0 spiro atoms. The predicted octanol–water partition coefficient (Wildman–Crippen LogP) is 2.64. The van der Waals surface area contributed by atoms with Crippen LogP contribution in [0.15, 0.2) is 4.52 Å². The lowest BCUT2D eigenvalue weighted by Gasteiger charge is -2.22. The maximum absolute atomic E-state index is 5.45. The molecule has 0 saturated carbocycles. The van der Waals surface area contributed by atoms with Gasteiger partial charge in [0.15, 0.2) is 5.82 Å². The van der Waals surface area contributed by atoms with Crippen molar-refractivity contribution in [2.45, 2.75) is 39.9 Å². The third-order valence-corrected chi connectivity index (χ3v) is 4.30. The SMILES string of the molecule is Cc1nc(C)c(C(C)N(C)Cc2noc(CN)n2)s1.Cl.Cl. The molecule has 0 amide bonds. The lowest BCUT2D eigenvalue weighted by atomic mass is 10.2. The van der Waals surface area contributed by atoms with Gasteiger partial charge >= 0.3 is 0 Å². The van der Waals surface area contributed by atoms with Crippen molar-refractivity contribution in [1.29, 1.82) is 0 Å². The fourth-order valence-corrected chi connectivity index (χ4v) is 2.98. The van der Waals surface area contributed by atoms with E-state index in [2.05, 4.69) is 26.9 Å². The molecule has 0 aliphatic heterocycles. The zero-order chi connectivity index (χ0) is 14.0. The van der Waals surface area contributed by atoms with Crippen LogP contribution in [0, 0.1) is 13.8 Å². The maximum Gasteiger partial charge on any atom is 0.240 e. The Hall–Kier alpha value is -0.730. The van der Waals surface area contributed by atoms with Gasteiger partial charge in [0.2, 0.25) is 5.89 Å². The van der Waals surface area contributed by atoms with Gasteiger partial charge in [0, 0.05) is 10.9 Å². The van der Waals surface area contributed by atoms with Crippen molar-refractivity contribution < 1.29 is 4.52 Å². The van der Waals surface area contributed by atoms with Crippen molar-refractivity contribution in [2.75, 3.05) is 7.05 Å². The molecule has 2 heterocycles. The van der Waals surface area contributed by atoms with Crippen LogP contribution in [-0.2, 0) is 13.1 Å². The highest BCUT2D eigenvalue weighted by Crippen LogP contribution is 2.28. The molecule has 0 aliphatic carbocycles. The van der Waals surface area contributed by atoms with Crippen LogP contribution >= 0.6 is 36.2 Å². The smallest absolute Gasteiger partial charge is 0.240 e. The van der Waals surface area contributed by atoms with E-state index in [1.165, 1.54) is 4.88 Å². The Morgan fingerprint density at radius 2 is 1.95 bits per heavy atom. The van der Waals surface area contributed by atoms with E-state index in [4.69, 9.17) is 10.3 Å². The minimum atomic E-state index is 0. The second kappa shape index (κ2) is 8.65. The lowest BCUT2D eigenvalue weighted by Crippen LogP contribution is -2.22. The average Bonchev–Trinajstić information content (AvgIpc) is 2.94. The highest BCUT2D eigenvalue weighted by molar-refractivity contribution is 7.11. The monoisotopic (exact) mass is 353 g/mol. The van der Waals surface area contributed by atoms with Gasteiger partial charge in [-0.1, -0.05) is 5.16 Å². The zero-order valence-corrected chi connectivity index (χ0v) is 14.9. The molecule has 120 valence electrons. The van der Waals surface area contributed by atoms with E-state index in [9.17, 15) is 0 Å². The minimum absolute atomic E-state index is 0. The zero-order valence-electron chi connectivity index (χ0n) is 12.5.